The zero-order valence-electron chi connectivity index (χ0n) is 22.8. The third kappa shape index (κ3) is 7.59. The number of sulfonamides is 1. The molecule has 8 nitrogen and oxygen atoms in total. The molecule has 4 aromatic rings. The van der Waals surface area contributed by atoms with Crippen LogP contribution in [0.2, 0.25) is 5.02 Å². The van der Waals surface area contributed by atoms with Crippen LogP contribution in [0.5, 0.6) is 0 Å². The Labute approximate surface area is 244 Å². The van der Waals surface area contributed by atoms with E-state index in [-0.39, 0.29) is 10.8 Å². The highest BCUT2D eigenvalue weighted by atomic mass is 35.5. The number of anilines is 2. The molecule has 0 saturated heterocycles. The van der Waals surface area contributed by atoms with Gasteiger partial charge in [-0.3, -0.25) is 13.9 Å². The highest BCUT2D eigenvalue weighted by molar-refractivity contribution is 7.92. The molecule has 0 aliphatic carbocycles. The second kappa shape index (κ2) is 12.8. The topological polar surface area (TPSA) is 108 Å². The van der Waals surface area contributed by atoms with Crippen molar-refractivity contribution in [3.05, 3.63) is 124 Å². The summed E-state index contributed by atoms with van der Waals surface area (Å²) in [6.07, 6.45) is 0. The highest BCUT2D eigenvalue weighted by Gasteiger charge is 2.27. The van der Waals surface area contributed by atoms with Crippen LogP contribution in [0.25, 0.3) is 0 Å². The van der Waals surface area contributed by atoms with Gasteiger partial charge in [0.2, 0.25) is 0 Å². The largest absolute Gasteiger partial charge is 0.322 e. The van der Waals surface area contributed by atoms with Crippen molar-refractivity contribution in [1.29, 1.82) is 0 Å². The summed E-state index contributed by atoms with van der Waals surface area (Å²) in [6, 6.07) is 26.9. The second-order valence-corrected chi connectivity index (χ2v) is 11.7. The van der Waals surface area contributed by atoms with Crippen LogP contribution in [-0.4, -0.2) is 32.5 Å². The molecule has 2 amide bonds. The van der Waals surface area contributed by atoms with Crippen molar-refractivity contribution in [3.63, 3.8) is 0 Å². The van der Waals surface area contributed by atoms with E-state index in [0.29, 0.717) is 33.2 Å². The molecule has 4 aromatic carbocycles. The van der Waals surface area contributed by atoms with Gasteiger partial charge in [-0.1, -0.05) is 65.2 Å². The van der Waals surface area contributed by atoms with E-state index < -0.39 is 22.5 Å². The molecule has 0 bridgehead atoms. The molecule has 0 spiro atoms. The first-order chi connectivity index (χ1) is 19.5. The molecule has 0 fully saturated rings. The molecule has 0 aromatic heterocycles. The average molecular weight is 589 g/mol. The number of nitrogens with zero attached hydrogens (tertiary/aromatic N) is 2. The fourth-order valence-corrected chi connectivity index (χ4v) is 5.51. The van der Waals surface area contributed by atoms with E-state index in [9.17, 15) is 18.0 Å². The Bertz CT molecular complexity index is 1700. The van der Waals surface area contributed by atoms with E-state index in [0.717, 1.165) is 15.4 Å². The molecule has 0 aliphatic heterocycles. The Morgan fingerprint density at radius 2 is 1.44 bits per heavy atom. The monoisotopic (exact) mass is 588 g/mol. The number of hydrogen-bond donors (Lipinski definition) is 2. The van der Waals surface area contributed by atoms with Crippen LogP contribution in [0.4, 0.5) is 11.4 Å². The van der Waals surface area contributed by atoms with E-state index in [4.69, 9.17) is 11.6 Å². The first-order valence-electron chi connectivity index (χ1n) is 12.7. The van der Waals surface area contributed by atoms with Crippen LogP contribution >= 0.6 is 11.6 Å². The number of nitrogens with one attached hydrogen (secondary N) is 2. The Kier molecular flexibility index (Phi) is 9.21. The van der Waals surface area contributed by atoms with Gasteiger partial charge in [0.15, 0.2) is 0 Å². The lowest BCUT2D eigenvalue weighted by atomic mass is 10.1. The van der Waals surface area contributed by atoms with Gasteiger partial charge in [0.1, 0.15) is 6.54 Å². The number of benzene rings is 4. The van der Waals surface area contributed by atoms with Gasteiger partial charge in [0.25, 0.3) is 21.8 Å². The first-order valence-corrected chi connectivity index (χ1v) is 14.5. The van der Waals surface area contributed by atoms with Crippen LogP contribution in [0.3, 0.4) is 0 Å². The number of aryl methyl sites for hydroxylation is 2. The van der Waals surface area contributed by atoms with Crippen molar-refractivity contribution < 1.29 is 18.0 Å². The minimum atomic E-state index is -4.04. The Hall–Kier alpha value is -4.47. The molecule has 0 heterocycles. The van der Waals surface area contributed by atoms with Gasteiger partial charge in [-0.2, -0.15) is 5.10 Å². The van der Waals surface area contributed by atoms with Gasteiger partial charge in [-0.05, 0) is 80.9 Å². The lowest BCUT2D eigenvalue weighted by Crippen LogP contribution is -2.39. The normalized spacial score (nSPS) is 11.6. The van der Waals surface area contributed by atoms with E-state index in [1.807, 2.05) is 13.8 Å². The predicted molar refractivity (Wildman–Crippen MR) is 163 cm³/mol. The van der Waals surface area contributed by atoms with Crippen molar-refractivity contribution in [2.24, 2.45) is 5.10 Å². The molecule has 2 N–H and O–H groups in total. The zero-order valence-corrected chi connectivity index (χ0v) is 24.3. The van der Waals surface area contributed by atoms with E-state index in [2.05, 4.69) is 15.8 Å². The van der Waals surface area contributed by atoms with Crippen molar-refractivity contribution in [2.45, 2.75) is 25.7 Å². The van der Waals surface area contributed by atoms with Crippen LogP contribution in [0.1, 0.15) is 34.0 Å². The maximum absolute atomic E-state index is 13.5. The quantitative estimate of drug-likeness (QED) is 0.186. The first kappa shape index (κ1) is 29.5. The number of hydrogen-bond acceptors (Lipinski definition) is 5. The Balaban J connectivity index is 1.50. The fraction of sp³-hybridized carbons (Fsp3) is 0.129. The molecule has 210 valence electrons. The molecule has 0 unspecified atom stereocenters. The summed E-state index contributed by atoms with van der Waals surface area (Å²) >= 11 is 5.99. The lowest BCUT2D eigenvalue weighted by molar-refractivity contribution is -0.119. The molecule has 0 aliphatic rings. The number of amides is 2. The van der Waals surface area contributed by atoms with Gasteiger partial charge >= 0.3 is 0 Å². The smallest absolute Gasteiger partial charge is 0.264 e. The molecule has 4 rings (SSSR count). The summed E-state index contributed by atoms with van der Waals surface area (Å²) in [4.78, 5) is 25.6. The minimum absolute atomic E-state index is 0.0767. The van der Waals surface area contributed by atoms with Gasteiger partial charge in [0.05, 0.1) is 16.3 Å². The maximum Gasteiger partial charge on any atom is 0.264 e. The molecular weight excluding hydrogens is 560 g/mol. The maximum atomic E-state index is 13.5. The van der Waals surface area contributed by atoms with Crippen LogP contribution < -0.4 is 15.0 Å². The molecule has 0 atom stereocenters. The van der Waals surface area contributed by atoms with E-state index >= 15 is 0 Å². The molecule has 0 saturated carbocycles. The minimum Gasteiger partial charge on any atom is -0.322 e. The molecule has 10 heteroatoms. The summed E-state index contributed by atoms with van der Waals surface area (Å²) in [5.41, 5.74) is 6.74. The summed E-state index contributed by atoms with van der Waals surface area (Å²) in [5, 5.41) is 7.45. The lowest BCUT2D eigenvalue weighted by Gasteiger charge is -2.24. The second-order valence-electron chi connectivity index (χ2n) is 9.44. The number of rotatable bonds is 9. The van der Waals surface area contributed by atoms with Gasteiger partial charge in [0, 0.05) is 16.3 Å². The van der Waals surface area contributed by atoms with Crippen molar-refractivity contribution in [1.82, 2.24) is 5.43 Å². The van der Waals surface area contributed by atoms with Gasteiger partial charge < -0.3 is 5.32 Å². The SMILES string of the molecule is C/C(=N/NC(=O)CN(c1ccc(C)cc1)S(=O)(=O)c1ccc(C)cc1)c1cccc(NC(=O)c2cccc(Cl)c2)c1. The number of halogens is 1. The van der Waals surface area contributed by atoms with E-state index in [1.165, 1.54) is 12.1 Å². The Morgan fingerprint density at radius 1 is 0.829 bits per heavy atom. The fourth-order valence-electron chi connectivity index (χ4n) is 3.90. The summed E-state index contributed by atoms with van der Waals surface area (Å²) < 4.78 is 28.1. The van der Waals surface area contributed by atoms with Crippen LogP contribution in [-0.2, 0) is 14.8 Å². The summed E-state index contributed by atoms with van der Waals surface area (Å²) in [7, 11) is -4.04. The van der Waals surface area contributed by atoms with E-state index in [1.54, 1.807) is 91.9 Å². The predicted octanol–water partition coefficient (Wildman–Crippen LogP) is 5.94. The van der Waals surface area contributed by atoms with Crippen LogP contribution in [0, 0.1) is 13.8 Å². The highest BCUT2D eigenvalue weighted by Crippen LogP contribution is 2.24. The zero-order chi connectivity index (χ0) is 29.6. The standard InChI is InChI=1S/C31H29ClN4O4S/c1-21-10-14-28(15-11-21)36(41(39,40)29-16-12-22(2)13-17-29)20-30(37)35-34-23(3)24-6-5-9-27(19-24)33-31(38)25-7-4-8-26(32)18-25/h4-19H,20H2,1-3H3,(H,33,38)(H,35,37)/b34-23-. The van der Waals surface area contributed by atoms with Crippen molar-refractivity contribution in [3.8, 4) is 0 Å². The summed E-state index contributed by atoms with van der Waals surface area (Å²) in [5.74, 6) is -0.940. The molecule has 0 radical (unpaired) electrons. The van der Waals surface area contributed by atoms with Gasteiger partial charge in [-0.25, -0.2) is 13.8 Å². The number of hydrazone groups is 1. The van der Waals surface area contributed by atoms with Crippen molar-refractivity contribution >= 4 is 50.5 Å². The number of carbonyl (C=O) groups is 2. The molecule has 41 heavy (non-hydrogen) atoms. The number of carbonyl (C=O) groups excluding carboxylic acids is 2. The average Bonchev–Trinajstić information content (AvgIpc) is 2.95. The molecular formula is C31H29ClN4O4S. The van der Waals surface area contributed by atoms with Gasteiger partial charge in [-0.15, -0.1) is 0 Å². The van der Waals surface area contributed by atoms with Crippen LogP contribution in [0.15, 0.2) is 107 Å². The Morgan fingerprint density at radius 3 is 2.10 bits per heavy atom. The summed E-state index contributed by atoms with van der Waals surface area (Å²) in [6.45, 7) is 4.97. The van der Waals surface area contributed by atoms with Crippen molar-refractivity contribution in [2.75, 3.05) is 16.2 Å². The third-order valence-electron chi connectivity index (χ3n) is 6.19. The third-order valence-corrected chi connectivity index (χ3v) is 8.21.